The van der Waals surface area contributed by atoms with Gasteiger partial charge < -0.3 is 10.6 Å². The van der Waals surface area contributed by atoms with Crippen molar-refractivity contribution in [2.75, 3.05) is 5.32 Å². The van der Waals surface area contributed by atoms with Crippen LogP contribution in [0.5, 0.6) is 0 Å². The summed E-state index contributed by atoms with van der Waals surface area (Å²) in [5.41, 5.74) is 0.737. The fourth-order valence-corrected chi connectivity index (χ4v) is 3.66. The lowest BCUT2D eigenvalue weighted by atomic mass is 9.85. The predicted octanol–water partition coefficient (Wildman–Crippen LogP) is 2.01. The molecule has 3 heterocycles. The first-order valence-electron chi connectivity index (χ1n) is 7.67. The second-order valence-corrected chi connectivity index (χ2v) is 6.03. The number of carbonyl (C=O) groups excluding carboxylic acids is 1. The van der Waals surface area contributed by atoms with E-state index in [1.54, 1.807) is 23.0 Å². The smallest absolute Gasteiger partial charge is 0.242 e. The van der Waals surface area contributed by atoms with E-state index in [0.29, 0.717) is 17.8 Å². The van der Waals surface area contributed by atoms with Crippen LogP contribution in [0.15, 0.2) is 24.5 Å². The first-order chi connectivity index (χ1) is 10.3. The number of hydrogen-bond acceptors (Lipinski definition) is 4. The van der Waals surface area contributed by atoms with Crippen LogP contribution in [-0.2, 0) is 4.79 Å². The molecule has 6 nitrogen and oxygen atoms in total. The largest absolute Gasteiger partial charge is 0.309 e. The number of aromatic nitrogens is 3. The van der Waals surface area contributed by atoms with E-state index in [0.717, 1.165) is 12.1 Å². The summed E-state index contributed by atoms with van der Waals surface area (Å²) in [4.78, 5) is 16.7. The molecular formula is C15H20ClN5O. The molecule has 2 aliphatic rings. The van der Waals surface area contributed by atoms with Crippen molar-refractivity contribution in [2.45, 2.75) is 44.2 Å². The Morgan fingerprint density at radius 3 is 3.00 bits per heavy atom. The molecular weight excluding hydrogens is 302 g/mol. The third kappa shape index (κ3) is 2.68. The molecule has 0 bridgehead atoms. The molecule has 1 aliphatic heterocycles. The number of amides is 1. The summed E-state index contributed by atoms with van der Waals surface area (Å²) in [6, 6.07) is 4.03. The number of nitrogens with one attached hydrogen (secondary N) is 2. The normalized spacial score (nSPS) is 27.2. The molecule has 1 saturated heterocycles. The van der Waals surface area contributed by atoms with Crippen molar-refractivity contribution in [3.8, 4) is 0 Å². The van der Waals surface area contributed by atoms with Crippen LogP contribution in [0, 0.1) is 5.92 Å². The summed E-state index contributed by atoms with van der Waals surface area (Å²) in [6.45, 7) is 0. The Labute approximate surface area is 135 Å². The van der Waals surface area contributed by atoms with Crippen molar-refractivity contribution < 1.29 is 4.79 Å². The van der Waals surface area contributed by atoms with Crippen molar-refractivity contribution in [1.29, 1.82) is 0 Å². The van der Waals surface area contributed by atoms with E-state index in [1.165, 1.54) is 25.7 Å². The Morgan fingerprint density at radius 1 is 1.27 bits per heavy atom. The zero-order valence-corrected chi connectivity index (χ0v) is 13.1. The van der Waals surface area contributed by atoms with Gasteiger partial charge in [0.1, 0.15) is 5.82 Å². The van der Waals surface area contributed by atoms with Gasteiger partial charge in [0.15, 0.2) is 5.65 Å². The maximum atomic E-state index is 12.5. The van der Waals surface area contributed by atoms with Gasteiger partial charge in [-0.05, 0) is 31.2 Å². The Hall–Kier alpha value is -1.66. The minimum Gasteiger partial charge on any atom is -0.309 e. The molecule has 1 aliphatic carbocycles. The van der Waals surface area contributed by atoms with Gasteiger partial charge in [-0.1, -0.05) is 12.8 Å². The van der Waals surface area contributed by atoms with Crippen LogP contribution in [0.2, 0.25) is 0 Å². The minimum absolute atomic E-state index is 0. The summed E-state index contributed by atoms with van der Waals surface area (Å²) < 4.78 is 1.65. The lowest BCUT2D eigenvalue weighted by Crippen LogP contribution is -2.40. The van der Waals surface area contributed by atoms with Gasteiger partial charge in [-0.3, -0.25) is 4.79 Å². The fraction of sp³-hybridized carbons (Fsp3) is 0.533. The quantitative estimate of drug-likeness (QED) is 0.887. The maximum Gasteiger partial charge on any atom is 0.242 e. The van der Waals surface area contributed by atoms with Crippen LogP contribution in [0.1, 0.15) is 32.1 Å². The number of halogens is 1. The Morgan fingerprint density at radius 2 is 2.14 bits per heavy atom. The lowest BCUT2D eigenvalue weighted by molar-refractivity contribution is -0.117. The van der Waals surface area contributed by atoms with Crippen LogP contribution < -0.4 is 10.6 Å². The van der Waals surface area contributed by atoms with Gasteiger partial charge in [0.25, 0.3) is 0 Å². The van der Waals surface area contributed by atoms with Crippen LogP contribution >= 0.6 is 12.4 Å². The van der Waals surface area contributed by atoms with Gasteiger partial charge in [0, 0.05) is 18.3 Å². The number of hydrogen-bond donors (Lipinski definition) is 2. The van der Waals surface area contributed by atoms with Crippen molar-refractivity contribution in [1.82, 2.24) is 19.9 Å². The highest BCUT2D eigenvalue weighted by Gasteiger charge is 2.38. The monoisotopic (exact) mass is 321 g/mol. The summed E-state index contributed by atoms with van der Waals surface area (Å²) >= 11 is 0. The Balaban J connectivity index is 0.00000144. The molecule has 3 unspecified atom stereocenters. The molecule has 3 atom stereocenters. The summed E-state index contributed by atoms with van der Waals surface area (Å²) in [7, 11) is 0. The van der Waals surface area contributed by atoms with Gasteiger partial charge in [-0.25, -0.2) is 4.98 Å². The Bertz CT molecular complexity index is 659. The van der Waals surface area contributed by atoms with Crippen LogP contribution in [-0.4, -0.2) is 32.6 Å². The zero-order valence-electron chi connectivity index (χ0n) is 12.2. The average molecular weight is 322 g/mol. The van der Waals surface area contributed by atoms with E-state index in [4.69, 9.17) is 0 Å². The molecule has 1 amide bonds. The number of nitrogens with zero attached hydrogens (tertiary/aromatic N) is 3. The summed E-state index contributed by atoms with van der Waals surface area (Å²) in [5, 5.41) is 10.7. The predicted molar refractivity (Wildman–Crippen MR) is 86.2 cm³/mol. The second-order valence-electron chi connectivity index (χ2n) is 6.03. The van der Waals surface area contributed by atoms with Crippen LogP contribution in [0.25, 0.3) is 5.65 Å². The first kappa shape index (κ1) is 15.2. The number of rotatable bonds is 2. The molecule has 4 rings (SSSR count). The van der Waals surface area contributed by atoms with E-state index in [9.17, 15) is 4.79 Å². The lowest BCUT2D eigenvalue weighted by Gasteiger charge is -2.24. The number of carbonyl (C=O) groups is 1. The molecule has 0 spiro atoms. The standard InChI is InChI=1S/C15H19N5O.ClH/c21-15(12-9-10-3-1-2-4-11(10)18-12)19-14-5-7-16-13-6-8-17-20(13)14;/h5-8,10-12,18H,1-4,9H2,(H,19,21);1H. The minimum atomic E-state index is -0.0862. The summed E-state index contributed by atoms with van der Waals surface area (Å²) in [5.74, 6) is 1.37. The SMILES string of the molecule is Cl.O=C(Nc1ccnc2ccnn12)C1CC2CCCCC2N1. The topological polar surface area (TPSA) is 71.3 Å². The van der Waals surface area contributed by atoms with Crippen molar-refractivity contribution >= 4 is 29.8 Å². The summed E-state index contributed by atoms with van der Waals surface area (Å²) in [6.07, 6.45) is 9.35. The molecule has 118 valence electrons. The maximum absolute atomic E-state index is 12.5. The highest BCUT2D eigenvalue weighted by atomic mass is 35.5. The van der Waals surface area contributed by atoms with E-state index in [-0.39, 0.29) is 24.4 Å². The third-order valence-corrected chi connectivity index (χ3v) is 4.72. The van der Waals surface area contributed by atoms with Crippen molar-refractivity contribution in [3.05, 3.63) is 24.5 Å². The number of anilines is 1. The molecule has 0 radical (unpaired) electrons. The van der Waals surface area contributed by atoms with Crippen molar-refractivity contribution in [2.24, 2.45) is 5.92 Å². The van der Waals surface area contributed by atoms with Crippen LogP contribution in [0.3, 0.4) is 0 Å². The van der Waals surface area contributed by atoms with Gasteiger partial charge in [-0.2, -0.15) is 9.61 Å². The van der Waals surface area contributed by atoms with E-state index >= 15 is 0 Å². The zero-order chi connectivity index (χ0) is 14.2. The molecule has 0 aromatic carbocycles. The molecule has 2 aromatic heterocycles. The second kappa shape index (κ2) is 6.22. The molecule has 2 N–H and O–H groups in total. The van der Waals surface area contributed by atoms with Gasteiger partial charge in [0.05, 0.1) is 12.2 Å². The fourth-order valence-electron chi connectivity index (χ4n) is 3.66. The molecule has 22 heavy (non-hydrogen) atoms. The van der Waals surface area contributed by atoms with E-state index in [1.807, 2.05) is 6.07 Å². The molecule has 7 heteroatoms. The highest BCUT2D eigenvalue weighted by molar-refractivity contribution is 5.94. The molecule has 2 fully saturated rings. The van der Waals surface area contributed by atoms with Gasteiger partial charge in [-0.15, -0.1) is 12.4 Å². The first-order valence-corrected chi connectivity index (χ1v) is 7.67. The van der Waals surface area contributed by atoms with Crippen molar-refractivity contribution in [3.63, 3.8) is 0 Å². The number of fused-ring (bicyclic) bond motifs is 2. The van der Waals surface area contributed by atoms with Gasteiger partial charge >= 0.3 is 0 Å². The van der Waals surface area contributed by atoms with E-state index in [2.05, 4.69) is 20.7 Å². The molecule has 2 aromatic rings. The Kier molecular flexibility index (Phi) is 4.31. The van der Waals surface area contributed by atoms with Gasteiger partial charge in [0.2, 0.25) is 5.91 Å². The third-order valence-electron chi connectivity index (χ3n) is 4.72. The highest BCUT2D eigenvalue weighted by Crippen LogP contribution is 2.33. The average Bonchev–Trinajstić information content (AvgIpc) is 3.14. The van der Waals surface area contributed by atoms with Crippen LogP contribution in [0.4, 0.5) is 5.82 Å². The molecule has 1 saturated carbocycles. The van der Waals surface area contributed by atoms with E-state index < -0.39 is 0 Å².